The number of nitrogens with two attached hydrogens (primary N) is 2. The lowest BCUT2D eigenvalue weighted by Gasteiger charge is -2.29. The van der Waals surface area contributed by atoms with Crippen molar-refractivity contribution in [2.75, 3.05) is 6.54 Å². The van der Waals surface area contributed by atoms with Gasteiger partial charge in [0, 0.05) is 24.1 Å². The number of rotatable bonds is 21. The zero-order valence-electron chi connectivity index (χ0n) is 31.7. The van der Waals surface area contributed by atoms with Gasteiger partial charge in [-0.1, -0.05) is 44.2 Å². The van der Waals surface area contributed by atoms with E-state index in [1.807, 2.05) is 0 Å². The summed E-state index contributed by atoms with van der Waals surface area (Å²) in [5.74, 6) is -6.74. The lowest BCUT2D eigenvalue weighted by molar-refractivity contribution is -0.384. The molecule has 2 rings (SSSR count). The first-order chi connectivity index (χ1) is 26.3. The van der Waals surface area contributed by atoms with Crippen LogP contribution in [-0.4, -0.2) is 111 Å². The molecule has 0 bridgehead atoms. The average molecular weight is 786 g/mol. The van der Waals surface area contributed by atoms with E-state index in [1.54, 1.807) is 44.2 Å². The van der Waals surface area contributed by atoms with Crippen molar-refractivity contribution in [3.8, 4) is 0 Å². The molecule has 20 heteroatoms. The third-order valence-electron chi connectivity index (χ3n) is 8.48. The Morgan fingerprint density at radius 3 is 1.64 bits per heavy atom. The fourth-order valence-corrected chi connectivity index (χ4v) is 5.23. The van der Waals surface area contributed by atoms with Gasteiger partial charge in [-0.2, -0.15) is 0 Å². The summed E-state index contributed by atoms with van der Waals surface area (Å²) in [4.78, 5) is 101. The molecule has 0 aliphatic carbocycles. The van der Waals surface area contributed by atoms with Crippen LogP contribution in [-0.2, 0) is 35.2 Å². The van der Waals surface area contributed by atoms with Crippen LogP contribution in [0.3, 0.4) is 0 Å². The van der Waals surface area contributed by atoms with E-state index in [0.717, 1.165) is 0 Å². The highest BCUT2D eigenvalue weighted by Gasteiger charge is 2.36. The van der Waals surface area contributed by atoms with Gasteiger partial charge >= 0.3 is 0 Å². The molecule has 56 heavy (non-hydrogen) atoms. The molecule has 0 unspecified atom stereocenters. The number of non-ortho nitro benzene ring substituents is 1. The van der Waals surface area contributed by atoms with Crippen LogP contribution in [0.4, 0.5) is 5.69 Å². The van der Waals surface area contributed by atoms with Gasteiger partial charge in [-0.15, -0.1) is 0 Å². The average Bonchev–Trinajstić information content (AvgIpc) is 3.14. The van der Waals surface area contributed by atoms with Crippen LogP contribution in [0, 0.1) is 16.0 Å². The number of aliphatic hydroxyl groups is 2. The van der Waals surface area contributed by atoms with Crippen molar-refractivity contribution in [3.05, 3.63) is 75.8 Å². The highest BCUT2D eigenvalue weighted by molar-refractivity contribution is 5.99. The smallest absolute Gasteiger partial charge is 0.269 e. The normalized spacial score (nSPS) is 15.3. The first-order valence-corrected chi connectivity index (χ1v) is 17.7. The number of nitro benzene ring substituents is 1. The quantitative estimate of drug-likeness (QED) is 0.0469. The summed E-state index contributed by atoms with van der Waals surface area (Å²) in [6.45, 7) is 6.84. The monoisotopic (exact) mass is 785 g/mol. The lowest BCUT2D eigenvalue weighted by Crippen LogP contribution is -2.63. The molecule has 0 heterocycles. The maximum Gasteiger partial charge on any atom is 0.269 e. The highest BCUT2D eigenvalue weighted by atomic mass is 16.6. The summed E-state index contributed by atoms with van der Waals surface area (Å²) in [6, 6.07) is 4.86. The van der Waals surface area contributed by atoms with Crippen LogP contribution in [0.2, 0.25) is 0 Å². The fraction of sp³-hybridized carbons (Fsp3) is 0.472. The number of hydrogen-bond acceptors (Lipinski definition) is 12. The molecule has 2 aromatic carbocycles. The largest absolute Gasteiger partial charge is 0.391 e. The number of nitrogens with zero attached hydrogens (tertiary/aromatic N) is 1. The highest BCUT2D eigenvalue weighted by Crippen LogP contribution is 2.14. The predicted molar refractivity (Wildman–Crippen MR) is 201 cm³/mol. The SMILES string of the molecule is CC(C)[C@H](NC(=O)[C@@H](NC(=O)[C@H](C)NC(=O)[C@H](CCN)NC(=O)c1ccccc1)[C@@H](C)O)C(=O)N[C@H](C(=O)N[C@@H](Cc1ccc([N+](=O)[O-])cc1)C(N)=O)[C@@H](C)O. The molecule has 12 N–H and O–H groups in total. The molecule has 7 amide bonds. The second-order valence-electron chi connectivity index (χ2n) is 13.5. The second-order valence-corrected chi connectivity index (χ2v) is 13.5. The predicted octanol–water partition coefficient (Wildman–Crippen LogP) is -2.37. The van der Waals surface area contributed by atoms with Gasteiger partial charge in [-0.3, -0.25) is 43.7 Å². The molecule has 8 atom stereocenters. The number of nitro groups is 1. The van der Waals surface area contributed by atoms with Crippen molar-refractivity contribution in [3.63, 3.8) is 0 Å². The Morgan fingerprint density at radius 2 is 1.16 bits per heavy atom. The minimum absolute atomic E-state index is 0.0312. The van der Waals surface area contributed by atoms with Gasteiger partial charge in [0.2, 0.25) is 35.4 Å². The van der Waals surface area contributed by atoms with Crippen molar-refractivity contribution >= 4 is 47.0 Å². The number of carbonyl (C=O) groups is 7. The van der Waals surface area contributed by atoms with E-state index >= 15 is 0 Å². The number of benzene rings is 2. The molecule has 0 saturated heterocycles. The molecular formula is C36H51N9O11. The summed E-state index contributed by atoms with van der Waals surface area (Å²) in [7, 11) is 0. The molecule has 0 spiro atoms. The second kappa shape index (κ2) is 21.8. The Labute approximate surface area is 323 Å². The van der Waals surface area contributed by atoms with Gasteiger partial charge in [-0.05, 0) is 57.4 Å². The Bertz CT molecular complexity index is 1710. The fourth-order valence-electron chi connectivity index (χ4n) is 5.23. The molecular weight excluding hydrogens is 734 g/mol. The third-order valence-corrected chi connectivity index (χ3v) is 8.48. The summed E-state index contributed by atoms with van der Waals surface area (Å²) >= 11 is 0. The molecule has 0 radical (unpaired) electrons. The third kappa shape index (κ3) is 14.0. The van der Waals surface area contributed by atoms with E-state index in [1.165, 1.54) is 45.0 Å². The van der Waals surface area contributed by atoms with E-state index in [9.17, 15) is 53.9 Å². The molecule has 0 fully saturated rings. The van der Waals surface area contributed by atoms with Crippen molar-refractivity contribution in [1.29, 1.82) is 0 Å². The van der Waals surface area contributed by atoms with Gasteiger partial charge in [0.05, 0.1) is 17.1 Å². The Hall–Kier alpha value is -5.99. The standard InChI is InChI=1S/C36H51N9O11/c1-18(2)27(34(52)44-28(20(4)46)35(53)41-26(30(38)48)17-22-11-13-24(14-12-22)45(55)56)42-36(54)29(21(5)47)43-31(49)19(3)39-33(51)25(15-16-37)40-32(50)23-9-7-6-8-10-23/h6-14,18-21,25-29,46-47H,15-17,37H2,1-5H3,(H2,38,48)(H,39,51)(H,40,50)(H,41,53)(H,42,54)(H,43,49)(H,44,52)/t19-,20+,21+,25-,26-,27-,28-,29-/m0/s1. The van der Waals surface area contributed by atoms with Crippen LogP contribution < -0.4 is 43.4 Å². The molecule has 0 aliphatic rings. The van der Waals surface area contributed by atoms with E-state index in [-0.39, 0.29) is 25.1 Å². The Balaban J connectivity index is 2.11. The van der Waals surface area contributed by atoms with Gasteiger partial charge < -0.3 is 53.6 Å². The topological polar surface area (TPSA) is 327 Å². The minimum atomic E-state index is -1.66. The maximum atomic E-state index is 13.5. The Kier molecular flexibility index (Phi) is 18.0. The number of aliphatic hydroxyl groups excluding tert-OH is 2. The van der Waals surface area contributed by atoms with Gasteiger partial charge in [-0.25, -0.2) is 0 Å². The Morgan fingerprint density at radius 1 is 0.661 bits per heavy atom. The minimum Gasteiger partial charge on any atom is -0.391 e. The summed E-state index contributed by atoms with van der Waals surface area (Å²) in [5.41, 5.74) is 11.6. The number of primary amides is 1. The van der Waals surface area contributed by atoms with Gasteiger partial charge in [0.1, 0.15) is 36.3 Å². The van der Waals surface area contributed by atoms with E-state index in [2.05, 4.69) is 31.9 Å². The van der Waals surface area contributed by atoms with Crippen LogP contribution in [0.15, 0.2) is 54.6 Å². The lowest BCUT2D eigenvalue weighted by atomic mass is 10.0. The van der Waals surface area contributed by atoms with Crippen LogP contribution >= 0.6 is 0 Å². The van der Waals surface area contributed by atoms with E-state index in [4.69, 9.17) is 11.5 Å². The molecule has 2 aromatic rings. The van der Waals surface area contributed by atoms with Crippen molar-refractivity contribution in [1.82, 2.24) is 31.9 Å². The van der Waals surface area contributed by atoms with Gasteiger partial charge in [0.25, 0.3) is 11.6 Å². The van der Waals surface area contributed by atoms with Gasteiger partial charge in [0.15, 0.2) is 0 Å². The maximum absolute atomic E-state index is 13.5. The first-order valence-electron chi connectivity index (χ1n) is 17.7. The van der Waals surface area contributed by atoms with E-state index in [0.29, 0.717) is 11.1 Å². The molecule has 306 valence electrons. The van der Waals surface area contributed by atoms with Crippen molar-refractivity contribution in [2.24, 2.45) is 17.4 Å². The zero-order valence-corrected chi connectivity index (χ0v) is 31.7. The zero-order chi connectivity index (χ0) is 42.3. The summed E-state index contributed by atoms with van der Waals surface area (Å²) < 4.78 is 0. The number of carbonyl (C=O) groups excluding carboxylic acids is 7. The molecule has 20 nitrogen and oxygen atoms in total. The van der Waals surface area contributed by atoms with E-state index < -0.39 is 101 Å². The van der Waals surface area contributed by atoms with Crippen molar-refractivity contribution < 1.29 is 48.7 Å². The van der Waals surface area contributed by atoms with Crippen molar-refractivity contribution in [2.45, 2.75) is 95.9 Å². The number of nitrogens with one attached hydrogen (secondary N) is 6. The van der Waals surface area contributed by atoms with Crippen LogP contribution in [0.25, 0.3) is 0 Å². The number of hydrogen-bond donors (Lipinski definition) is 10. The van der Waals surface area contributed by atoms with Crippen LogP contribution in [0.5, 0.6) is 0 Å². The molecule has 0 aromatic heterocycles. The number of amides is 7. The first kappa shape index (κ1) is 46.2. The van der Waals surface area contributed by atoms with Crippen LogP contribution in [0.1, 0.15) is 57.0 Å². The summed E-state index contributed by atoms with van der Waals surface area (Å²) in [5, 5.41) is 46.3. The molecule has 0 saturated carbocycles. The molecule has 0 aliphatic heterocycles. The summed E-state index contributed by atoms with van der Waals surface area (Å²) in [6.07, 6.45) is -3.15.